The van der Waals surface area contributed by atoms with Gasteiger partial charge in [-0.25, -0.2) is 14.6 Å². The predicted molar refractivity (Wildman–Crippen MR) is 138 cm³/mol. The molecule has 3 rings (SSSR count). The van der Waals surface area contributed by atoms with Gasteiger partial charge in [0.15, 0.2) is 6.10 Å². The summed E-state index contributed by atoms with van der Waals surface area (Å²) in [5.74, 6) is 0.246. The van der Waals surface area contributed by atoms with Gasteiger partial charge in [-0.05, 0) is 42.9 Å². The summed E-state index contributed by atoms with van der Waals surface area (Å²) in [5.41, 5.74) is 1.68. The van der Waals surface area contributed by atoms with Crippen molar-refractivity contribution in [1.82, 2.24) is 15.3 Å². The minimum atomic E-state index is -0.953. The van der Waals surface area contributed by atoms with Gasteiger partial charge in [-0.2, -0.15) is 0 Å². The molecule has 4 N–H and O–H groups in total. The summed E-state index contributed by atoms with van der Waals surface area (Å²) in [4.78, 5) is 44.4. The fourth-order valence-corrected chi connectivity index (χ4v) is 3.52. The lowest BCUT2D eigenvalue weighted by molar-refractivity contribution is -0.145. The Morgan fingerprint density at radius 3 is 2.73 bits per heavy atom. The number of imidazole rings is 1. The van der Waals surface area contributed by atoms with E-state index < -0.39 is 24.2 Å². The lowest BCUT2D eigenvalue weighted by Gasteiger charge is -2.27. The zero-order chi connectivity index (χ0) is 27.0. The second-order valence-corrected chi connectivity index (χ2v) is 9.92. The molecular formula is C26H35N5O6. The van der Waals surface area contributed by atoms with Crippen molar-refractivity contribution in [1.29, 1.82) is 0 Å². The van der Waals surface area contributed by atoms with Crippen LogP contribution in [0.1, 0.15) is 46.1 Å². The molecule has 0 radical (unpaired) electrons. The van der Waals surface area contributed by atoms with E-state index in [0.717, 1.165) is 0 Å². The highest BCUT2D eigenvalue weighted by Crippen LogP contribution is 2.32. The van der Waals surface area contributed by atoms with E-state index in [-0.39, 0.29) is 31.0 Å². The van der Waals surface area contributed by atoms with Crippen molar-refractivity contribution in [2.24, 2.45) is 5.41 Å². The van der Waals surface area contributed by atoms with Crippen molar-refractivity contribution in [3.63, 3.8) is 0 Å². The summed E-state index contributed by atoms with van der Waals surface area (Å²) < 4.78 is 16.3. The molecule has 37 heavy (non-hydrogen) atoms. The Morgan fingerprint density at radius 2 is 2.05 bits per heavy atom. The Bertz CT molecular complexity index is 1110. The van der Waals surface area contributed by atoms with Crippen molar-refractivity contribution in [3.8, 4) is 5.75 Å². The number of allylic oxidation sites excluding steroid dienone is 1. The summed E-state index contributed by atoms with van der Waals surface area (Å²) in [7, 11) is 0. The zero-order valence-electron chi connectivity index (χ0n) is 21.7. The number of anilines is 2. The maximum Gasteiger partial charge on any atom is 0.407 e. The molecule has 2 aromatic rings. The topological polar surface area (TPSA) is 144 Å². The average molecular weight is 514 g/mol. The summed E-state index contributed by atoms with van der Waals surface area (Å²) in [6.45, 7) is 11.8. The number of ether oxygens (including phenoxy) is 3. The van der Waals surface area contributed by atoms with Gasteiger partial charge in [-0.15, -0.1) is 0 Å². The first-order chi connectivity index (χ1) is 17.5. The minimum absolute atomic E-state index is 0.147. The second-order valence-electron chi connectivity index (χ2n) is 9.92. The first kappa shape index (κ1) is 27.6. The lowest BCUT2D eigenvalue weighted by Crippen LogP contribution is -2.44. The summed E-state index contributed by atoms with van der Waals surface area (Å²) >= 11 is 0. The zero-order valence-corrected chi connectivity index (χ0v) is 21.7. The quantitative estimate of drug-likeness (QED) is 0.333. The van der Waals surface area contributed by atoms with Gasteiger partial charge in [0, 0.05) is 24.5 Å². The maximum atomic E-state index is 12.7. The molecule has 1 aromatic heterocycles. The number of esters is 1. The molecule has 200 valence electrons. The lowest BCUT2D eigenvalue weighted by atomic mass is 9.99. The Balaban J connectivity index is 1.60. The van der Waals surface area contributed by atoms with Gasteiger partial charge in [-0.3, -0.25) is 4.79 Å². The number of H-pyrrole nitrogens is 1. The van der Waals surface area contributed by atoms with Crippen LogP contribution in [0.2, 0.25) is 0 Å². The molecule has 2 atom stereocenters. The number of aromatic amines is 1. The second kappa shape index (κ2) is 12.3. The van der Waals surface area contributed by atoms with Crippen LogP contribution < -0.4 is 20.7 Å². The van der Waals surface area contributed by atoms with Crippen LogP contribution in [0.3, 0.4) is 0 Å². The largest absolute Gasteiger partial charge is 0.478 e. The molecule has 1 unspecified atom stereocenters. The van der Waals surface area contributed by atoms with Crippen molar-refractivity contribution in [2.45, 2.75) is 59.1 Å². The number of benzene rings is 1. The monoisotopic (exact) mass is 513 g/mol. The standard InChI is InChI=1S/C26H35N5O6/c1-6-35-23(33)19(31-25(34)36-15-26(3,4)5)14-17-8-10-20-18(13-17)30-22(32)21(37-20)9-7-16(2)29-24-27-11-12-28-24/h8,10-13,19,21H,2,6-7,9,14-15H2,1,3-5H3,(H,30,32)(H,31,34)(H2,27,28,29)/t19?,21-/m1/s1. The van der Waals surface area contributed by atoms with Crippen LogP contribution in [-0.2, 0) is 25.5 Å². The smallest absolute Gasteiger partial charge is 0.407 e. The van der Waals surface area contributed by atoms with Crippen molar-refractivity contribution < 1.29 is 28.6 Å². The highest BCUT2D eigenvalue weighted by Gasteiger charge is 2.29. The third-order valence-corrected chi connectivity index (χ3v) is 5.30. The van der Waals surface area contributed by atoms with E-state index in [1.807, 2.05) is 20.8 Å². The Kier molecular flexibility index (Phi) is 9.15. The van der Waals surface area contributed by atoms with Crippen LogP contribution in [0.5, 0.6) is 5.75 Å². The van der Waals surface area contributed by atoms with Crippen LogP contribution >= 0.6 is 0 Å². The molecule has 1 aliphatic rings. The molecule has 2 amide bonds. The van der Waals surface area contributed by atoms with E-state index in [1.165, 1.54) is 0 Å². The molecule has 0 aliphatic carbocycles. The van der Waals surface area contributed by atoms with Gasteiger partial charge >= 0.3 is 12.1 Å². The number of aromatic nitrogens is 2. The maximum absolute atomic E-state index is 12.7. The van der Waals surface area contributed by atoms with Crippen LogP contribution in [0.15, 0.2) is 42.9 Å². The Hall–Kier alpha value is -4.02. The Morgan fingerprint density at radius 1 is 1.27 bits per heavy atom. The van der Waals surface area contributed by atoms with Gasteiger partial charge in [0.05, 0.1) is 18.9 Å². The third kappa shape index (κ3) is 8.55. The Labute approximate surface area is 216 Å². The van der Waals surface area contributed by atoms with Crippen LogP contribution in [0, 0.1) is 5.41 Å². The number of hydrogen-bond donors (Lipinski definition) is 4. The van der Waals surface area contributed by atoms with Gasteiger partial charge < -0.3 is 35.1 Å². The molecule has 2 heterocycles. The minimum Gasteiger partial charge on any atom is -0.478 e. The molecular weight excluding hydrogens is 478 g/mol. The molecule has 0 spiro atoms. The molecule has 0 saturated heterocycles. The summed E-state index contributed by atoms with van der Waals surface area (Å²) in [6.07, 6.45) is 3.02. The van der Waals surface area contributed by atoms with Gasteiger partial charge in [0.2, 0.25) is 5.95 Å². The summed E-state index contributed by atoms with van der Waals surface area (Å²) in [5, 5.41) is 8.49. The highest BCUT2D eigenvalue weighted by molar-refractivity contribution is 5.97. The molecule has 11 heteroatoms. The van der Waals surface area contributed by atoms with Crippen LogP contribution in [0.25, 0.3) is 0 Å². The number of rotatable bonds is 11. The third-order valence-electron chi connectivity index (χ3n) is 5.30. The molecule has 0 fully saturated rings. The molecule has 1 aliphatic heterocycles. The fraction of sp³-hybridized carbons (Fsp3) is 0.462. The van der Waals surface area contributed by atoms with Gasteiger partial charge in [0.1, 0.15) is 11.8 Å². The number of fused-ring (bicyclic) bond motifs is 1. The number of carbonyl (C=O) groups is 3. The number of alkyl carbamates (subject to hydrolysis) is 1. The van der Waals surface area contributed by atoms with Crippen LogP contribution in [0.4, 0.5) is 16.4 Å². The number of nitrogens with one attached hydrogen (secondary N) is 4. The SMILES string of the molecule is C=C(CC[C@H]1Oc2ccc(CC(NC(=O)OCC(C)(C)C)C(=O)OCC)cc2NC1=O)Nc1ncc[nH]1. The average Bonchev–Trinajstić information content (AvgIpc) is 3.33. The van der Waals surface area contributed by atoms with E-state index in [1.54, 1.807) is 37.5 Å². The first-order valence-corrected chi connectivity index (χ1v) is 12.2. The predicted octanol–water partition coefficient (Wildman–Crippen LogP) is 3.76. The fourth-order valence-electron chi connectivity index (χ4n) is 3.52. The normalized spacial score (nSPS) is 15.5. The van der Waals surface area contributed by atoms with Gasteiger partial charge in [0.25, 0.3) is 5.91 Å². The van der Waals surface area contributed by atoms with Crippen molar-refractivity contribution in [2.75, 3.05) is 23.8 Å². The summed E-state index contributed by atoms with van der Waals surface area (Å²) in [6, 6.07) is 4.27. The van der Waals surface area contributed by atoms with E-state index in [9.17, 15) is 14.4 Å². The van der Waals surface area contributed by atoms with Gasteiger partial charge in [-0.1, -0.05) is 33.4 Å². The number of hydrogen-bond acceptors (Lipinski definition) is 8. The van der Waals surface area contributed by atoms with E-state index in [4.69, 9.17) is 14.2 Å². The van der Waals surface area contributed by atoms with E-state index in [2.05, 4.69) is 32.5 Å². The molecule has 11 nitrogen and oxygen atoms in total. The molecule has 1 aromatic carbocycles. The van der Waals surface area contributed by atoms with Crippen LogP contribution in [-0.4, -0.2) is 53.3 Å². The number of amides is 2. The highest BCUT2D eigenvalue weighted by atomic mass is 16.6. The van der Waals surface area contributed by atoms with Crippen molar-refractivity contribution >= 4 is 29.6 Å². The number of nitrogens with zero attached hydrogens (tertiary/aromatic N) is 1. The molecule has 0 bridgehead atoms. The van der Waals surface area contributed by atoms with Crippen molar-refractivity contribution in [3.05, 3.63) is 48.4 Å². The first-order valence-electron chi connectivity index (χ1n) is 12.2. The molecule has 0 saturated carbocycles. The number of carbonyl (C=O) groups excluding carboxylic acids is 3. The van der Waals surface area contributed by atoms with E-state index in [0.29, 0.717) is 41.5 Å². The van der Waals surface area contributed by atoms with E-state index >= 15 is 0 Å².